The third kappa shape index (κ3) is 4.50. The van der Waals surface area contributed by atoms with Crippen LogP contribution in [-0.4, -0.2) is 35.5 Å². The number of amides is 3. The van der Waals surface area contributed by atoms with E-state index in [0.29, 0.717) is 17.2 Å². The number of carbonyl (C=O) groups is 3. The van der Waals surface area contributed by atoms with Gasteiger partial charge in [-0.1, -0.05) is 36.4 Å². The van der Waals surface area contributed by atoms with E-state index in [9.17, 15) is 14.4 Å². The van der Waals surface area contributed by atoms with E-state index in [-0.39, 0.29) is 38.0 Å². The van der Waals surface area contributed by atoms with Crippen molar-refractivity contribution >= 4 is 46.0 Å². The number of imide groups is 1. The first-order valence-corrected chi connectivity index (χ1v) is 11.9. The Labute approximate surface area is 210 Å². The van der Waals surface area contributed by atoms with Crippen molar-refractivity contribution in [3.8, 4) is 11.5 Å². The predicted octanol–water partition coefficient (Wildman–Crippen LogP) is 3.92. The van der Waals surface area contributed by atoms with Gasteiger partial charge >= 0.3 is 0 Å². The van der Waals surface area contributed by atoms with E-state index in [1.54, 1.807) is 18.2 Å². The first-order chi connectivity index (χ1) is 16.5. The molecule has 1 fully saturated rings. The maximum atomic E-state index is 13.5. The van der Waals surface area contributed by atoms with E-state index in [1.807, 2.05) is 54.6 Å². The van der Waals surface area contributed by atoms with E-state index in [1.165, 1.54) is 9.80 Å². The van der Waals surface area contributed by atoms with E-state index >= 15 is 0 Å². The van der Waals surface area contributed by atoms with Crippen molar-refractivity contribution in [3.63, 3.8) is 0 Å². The summed E-state index contributed by atoms with van der Waals surface area (Å²) in [6.45, 7) is 0.322. The molecule has 8 heteroatoms. The SMILES string of the molecule is O=C1CC(N(Cc2ccc3c(c2)OCO3)C(=O)Cc2ccccc2)C(=O)N1c1ccc(I)cc1. The highest BCUT2D eigenvalue weighted by molar-refractivity contribution is 14.1. The molecule has 0 aromatic heterocycles. The zero-order valence-corrected chi connectivity index (χ0v) is 20.3. The van der Waals surface area contributed by atoms with Gasteiger partial charge in [0.05, 0.1) is 18.5 Å². The third-order valence-corrected chi connectivity index (χ3v) is 6.61. The summed E-state index contributed by atoms with van der Waals surface area (Å²) in [4.78, 5) is 42.5. The van der Waals surface area contributed by atoms with Crippen molar-refractivity contribution in [2.45, 2.75) is 25.4 Å². The van der Waals surface area contributed by atoms with Gasteiger partial charge in [-0.05, 0) is 70.1 Å². The molecule has 2 heterocycles. The molecule has 5 rings (SSSR count). The number of fused-ring (bicyclic) bond motifs is 1. The molecule has 1 atom stereocenters. The van der Waals surface area contributed by atoms with Gasteiger partial charge in [-0.2, -0.15) is 0 Å². The number of hydrogen-bond donors (Lipinski definition) is 0. The second kappa shape index (κ2) is 9.46. The highest BCUT2D eigenvalue weighted by Crippen LogP contribution is 2.34. The first kappa shape index (κ1) is 22.4. The Morgan fingerprint density at radius 1 is 0.941 bits per heavy atom. The molecule has 172 valence electrons. The molecule has 0 saturated carbocycles. The Bertz CT molecular complexity index is 1250. The molecule has 3 amide bonds. The molecule has 2 aliphatic heterocycles. The van der Waals surface area contributed by atoms with Crippen LogP contribution in [-0.2, 0) is 27.3 Å². The van der Waals surface area contributed by atoms with Crippen molar-refractivity contribution in [1.82, 2.24) is 4.90 Å². The average Bonchev–Trinajstić information content (AvgIpc) is 3.42. The van der Waals surface area contributed by atoms with Gasteiger partial charge in [-0.15, -0.1) is 0 Å². The molecule has 0 spiro atoms. The van der Waals surface area contributed by atoms with Crippen LogP contribution in [0.2, 0.25) is 0 Å². The van der Waals surface area contributed by atoms with Gasteiger partial charge in [0.25, 0.3) is 5.91 Å². The minimum Gasteiger partial charge on any atom is -0.454 e. The summed E-state index contributed by atoms with van der Waals surface area (Å²) in [5.74, 6) is 0.303. The summed E-state index contributed by atoms with van der Waals surface area (Å²) in [6, 6.07) is 21.1. The number of rotatable bonds is 6. The van der Waals surface area contributed by atoms with Crippen LogP contribution in [0.25, 0.3) is 0 Å². The molecule has 0 N–H and O–H groups in total. The highest BCUT2D eigenvalue weighted by atomic mass is 127. The molecule has 1 unspecified atom stereocenters. The standard InChI is InChI=1S/C26H21IN2O5/c27-19-7-9-20(10-8-19)29-25(31)14-21(26(29)32)28(24(30)13-17-4-2-1-3-5-17)15-18-6-11-22-23(12-18)34-16-33-22/h1-12,21H,13-16H2. The number of ether oxygens (including phenoxy) is 2. The number of carbonyl (C=O) groups excluding carboxylic acids is 3. The quantitative estimate of drug-likeness (QED) is 0.333. The summed E-state index contributed by atoms with van der Waals surface area (Å²) in [5.41, 5.74) is 2.14. The van der Waals surface area contributed by atoms with Crippen molar-refractivity contribution in [1.29, 1.82) is 0 Å². The molecule has 3 aromatic rings. The fourth-order valence-corrected chi connectivity index (χ4v) is 4.56. The zero-order chi connectivity index (χ0) is 23.7. The lowest BCUT2D eigenvalue weighted by molar-refractivity contribution is -0.138. The second-order valence-corrected chi connectivity index (χ2v) is 9.38. The summed E-state index contributed by atoms with van der Waals surface area (Å²) in [6.07, 6.45) is 0.0722. The topological polar surface area (TPSA) is 76.1 Å². The molecule has 2 aliphatic rings. The van der Waals surface area contributed by atoms with Crippen molar-refractivity contribution in [2.24, 2.45) is 0 Å². The van der Waals surface area contributed by atoms with Crippen molar-refractivity contribution < 1.29 is 23.9 Å². The maximum Gasteiger partial charge on any atom is 0.257 e. The Balaban J connectivity index is 1.44. The molecule has 0 bridgehead atoms. The molecule has 34 heavy (non-hydrogen) atoms. The number of benzene rings is 3. The zero-order valence-electron chi connectivity index (χ0n) is 18.1. The Hall–Kier alpha value is -3.40. The maximum absolute atomic E-state index is 13.5. The summed E-state index contributed by atoms with van der Waals surface area (Å²) < 4.78 is 11.8. The third-order valence-electron chi connectivity index (χ3n) is 5.89. The van der Waals surface area contributed by atoms with E-state index < -0.39 is 11.9 Å². The monoisotopic (exact) mass is 568 g/mol. The number of hydrogen-bond acceptors (Lipinski definition) is 5. The van der Waals surface area contributed by atoms with Crippen LogP contribution in [0.3, 0.4) is 0 Å². The molecule has 0 radical (unpaired) electrons. The van der Waals surface area contributed by atoms with E-state index in [2.05, 4.69) is 22.6 Å². The summed E-state index contributed by atoms with van der Waals surface area (Å²) in [5, 5.41) is 0. The van der Waals surface area contributed by atoms with Gasteiger partial charge in [0.1, 0.15) is 6.04 Å². The van der Waals surface area contributed by atoms with Crippen LogP contribution in [0.5, 0.6) is 11.5 Å². The first-order valence-electron chi connectivity index (χ1n) is 10.8. The average molecular weight is 568 g/mol. The number of halogens is 1. The van der Waals surface area contributed by atoms with Gasteiger partial charge in [-0.3, -0.25) is 14.4 Å². The van der Waals surface area contributed by atoms with Gasteiger partial charge in [0, 0.05) is 10.1 Å². The van der Waals surface area contributed by atoms with Crippen LogP contribution in [0, 0.1) is 3.57 Å². The Morgan fingerprint density at radius 2 is 1.68 bits per heavy atom. The molecule has 1 saturated heterocycles. The van der Waals surface area contributed by atoms with E-state index in [4.69, 9.17) is 9.47 Å². The fraction of sp³-hybridized carbons (Fsp3) is 0.192. The number of nitrogens with zero attached hydrogens (tertiary/aromatic N) is 2. The lowest BCUT2D eigenvalue weighted by Crippen LogP contribution is -2.45. The lowest BCUT2D eigenvalue weighted by Gasteiger charge is -2.28. The van der Waals surface area contributed by atoms with Crippen molar-refractivity contribution in [2.75, 3.05) is 11.7 Å². The second-order valence-electron chi connectivity index (χ2n) is 8.14. The van der Waals surface area contributed by atoms with Gasteiger partial charge in [-0.25, -0.2) is 4.90 Å². The predicted molar refractivity (Wildman–Crippen MR) is 133 cm³/mol. The highest BCUT2D eigenvalue weighted by Gasteiger charge is 2.44. The largest absolute Gasteiger partial charge is 0.454 e. The van der Waals surface area contributed by atoms with Crippen LogP contribution in [0.4, 0.5) is 5.69 Å². The van der Waals surface area contributed by atoms with Crippen LogP contribution in [0.15, 0.2) is 72.8 Å². The molecule has 0 aliphatic carbocycles. The minimum atomic E-state index is -0.881. The summed E-state index contributed by atoms with van der Waals surface area (Å²) >= 11 is 2.17. The number of anilines is 1. The van der Waals surface area contributed by atoms with Gasteiger partial charge in [0.15, 0.2) is 11.5 Å². The molecular formula is C26H21IN2O5. The molecule has 3 aromatic carbocycles. The summed E-state index contributed by atoms with van der Waals surface area (Å²) in [7, 11) is 0. The van der Waals surface area contributed by atoms with Gasteiger partial charge < -0.3 is 14.4 Å². The normalized spacial score (nSPS) is 16.7. The van der Waals surface area contributed by atoms with Crippen LogP contribution >= 0.6 is 22.6 Å². The molecule has 7 nitrogen and oxygen atoms in total. The van der Waals surface area contributed by atoms with Crippen molar-refractivity contribution in [3.05, 3.63) is 87.5 Å². The Kier molecular flexibility index (Phi) is 6.23. The lowest BCUT2D eigenvalue weighted by atomic mass is 10.1. The molecular weight excluding hydrogens is 547 g/mol. The van der Waals surface area contributed by atoms with Crippen LogP contribution in [0.1, 0.15) is 17.5 Å². The Morgan fingerprint density at radius 3 is 2.44 bits per heavy atom. The van der Waals surface area contributed by atoms with Gasteiger partial charge in [0.2, 0.25) is 18.6 Å². The fourth-order valence-electron chi connectivity index (χ4n) is 4.20. The van der Waals surface area contributed by atoms with Crippen LogP contribution < -0.4 is 14.4 Å². The smallest absolute Gasteiger partial charge is 0.257 e. The minimum absolute atomic E-state index is 0.0596. The van der Waals surface area contributed by atoms with E-state index in [0.717, 1.165) is 14.7 Å².